The molecular formula is C14H22N2O4S. The van der Waals surface area contributed by atoms with E-state index in [1.165, 1.54) is 31.4 Å². The summed E-state index contributed by atoms with van der Waals surface area (Å²) in [5, 5.41) is 0. The van der Waals surface area contributed by atoms with Gasteiger partial charge < -0.3 is 10.5 Å². The first-order valence-electron chi connectivity index (χ1n) is 6.76. The molecule has 0 atom stereocenters. The fourth-order valence-electron chi connectivity index (χ4n) is 1.96. The van der Waals surface area contributed by atoms with Crippen molar-refractivity contribution < 1.29 is 17.9 Å². The Labute approximate surface area is 125 Å². The molecule has 0 fully saturated rings. The van der Waals surface area contributed by atoms with Crippen LogP contribution in [-0.2, 0) is 14.8 Å². The van der Waals surface area contributed by atoms with E-state index in [1.54, 1.807) is 0 Å². The van der Waals surface area contributed by atoms with Gasteiger partial charge in [0.15, 0.2) is 0 Å². The smallest absolute Gasteiger partial charge is 0.337 e. The highest BCUT2D eigenvalue weighted by Gasteiger charge is 2.30. The Morgan fingerprint density at radius 2 is 1.76 bits per heavy atom. The molecule has 3 N–H and O–H groups in total. The normalized spacial score (nSPS) is 12.2. The number of nitrogens with one attached hydrogen (secondary N) is 1. The number of hydrogen-bond donors (Lipinski definition) is 2. The van der Waals surface area contributed by atoms with Crippen LogP contribution in [0.15, 0.2) is 29.2 Å². The van der Waals surface area contributed by atoms with Crippen LogP contribution in [0.2, 0.25) is 0 Å². The first-order chi connectivity index (χ1) is 9.84. The highest BCUT2D eigenvalue weighted by atomic mass is 32.2. The number of methoxy groups -OCH3 is 1. The summed E-state index contributed by atoms with van der Waals surface area (Å²) >= 11 is 0. The maximum atomic E-state index is 12.4. The Hall–Kier alpha value is -1.44. The largest absolute Gasteiger partial charge is 0.465 e. The predicted octanol–water partition coefficient (Wildman–Crippen LogP) is 1.27. The van der Waals surface area contributed by atoms with Crippen LogP contribution in [0.5, 0.6) is 0 Å². The van der Waals surface area contributed by atoms with Crippen LogP contribution in [0.25, 0.3) is 0 Å². The predicted molar refractivity (Wildman–Crippen MR) is 80.5 cm³/mol. The van der Waals surface area contributed by atoms with Gasteiger partial charge in [-0.25, -0.2) is 17.9 Å². The Balaban J connectivity index is 3.05. The molecule has 0 aliphatic carbocycles. The monoisotopic (exact) mass is 314 g/mol. The number of hydrogen-bond acceptors (Lipinski definition) is 5. The van der Waals surface area contributed by atoms with Gasteiger partial charge in [0.25, 0.3) is 0 Å². The molecule has 0 saturated heterocycles. The molecule has 0 radical (unpaired) electrons. The fourth-order valence-corrected chi connectivity index (χ4v) is 3.51. The molecule has 0 aliphatic rings. The molecule has 6 nitrogen and oxygen atoms in total. The van der Waals surface area contributed by atoms with E-state index < -0.39 is 21.5 Å². The maximum Gasteiger partial charge on any atom is 0.337 e. The van der Waals surface area contributed by atoms with Crippen molar-refractivity contribution in [1.29, 1.82) is 0 Å². The molecule has 0 bridgehead atoms. The molecule has 21 heavy (non-hydrogen) atoms. The van der Waals surface area contributed by atoms with Crippen LogP contribution in [0.1, 0.15) is 37.0 Å². The molecule has 0 spiro atoms. The Bertz CT molecular complexity index is 569. The zero-order chi connectivity index (χ0) is 16.1. The number of nitrogens with two attached hydrogens (primary N) is 1. The van der Waals surface area contributed by atoms with Crippen LogP contribution in [0.4, 0.5) is 0 Å². The van der Waals surface area contributed by atoms with E-state index in [0.29, 0.717) is 18.4 Å². The second-order valence-electron chi connectivity index (χ2n) is 4.81. The molecule has 0 amide bonds. The summed E-state index contributed by atoms with van der Waals surface area (Å²) in [6.07, 6.45) is 1.19. The number of carbonyl (C=O) groups excluding carboxylic acids is 1. The van der Waals surface area contributed by atoms with Crippen LogP contribution in [0, 0.1) is 0 Å². The summed E-state index contributed by atoms with van der Waals surface area (Å²) in [5.74, 6) is -0.509. The molecule has 0 saturated carbocycles. The van der Waals surface area contributed by atoms with Crippen molar-refractivity contribution in [3.63, 3.8) is 0 Å². The lowest BCUT2D eigenvalue weighted by molar-refractivity contribution is 0.0600. The van der Waals surface area contributed by atoms with Gasteiger partial charge in [-0.15, -0.1) is 0 Å². The third-order valence-corrected chi connectivity index (χ3v) is 5.28. The topological polar surface area (TPSA) is 98.5 Å². The minimum absolute atomic E-state index is 0.0925. The summed E-state index contributed by atoms with van der Waals surface area (Å²) in [5.41, 5.74) is 5.35. The number of rotatable bonds is 7. The van der Waals surface area contributed by atoms with Crippen molar-refractivity contribution in [3.8, 4) is 0 Å². The molecule has 1 aromatic carbocycles. The zero-order valence-electron chi connectivity index (χ0n) is 12.5. The molecule has 1 aromatic rings. The summed E-state index contributed by atoms with van der Waals surface area (Å²) in [7, 11) is -2.42. The standard InChI is InChI=1S/C14H22N2O4S/c1-4-14(5-2,10-15)16-21(18,19)12-8-6-11(7-9-12)13(17)20-3/h6-9,16H,4-5,10,15H2,1-3H3. The quantitative estimate of drug-likeness (QED) is 0.738. The minimum Gasteiger partial charge on any atom is -0.465 e. The van der Waals surface area contributed by atoms with Crippen molar-refractivity contribution in [2.24, 2.45) is 5.73 Å². The van der Waals surface area contributed by atoms with Gasteiger partial charge in [0.1, 0.15) is 0 Å². The molecule has 0 heterocycles. The number of esters is 1. The van der Waals surface area contributed by atoms with E-state index in [9.17, 15) is 13.2 Å². The number of benzene rings is 1. The van der Waals surface area contributed by atoms with Gasteiger partial charge in [-0.2, -0.15) is 0 Å². The van der Waals surface area contributed by atoms with E-state index in [1.807, 2.05) is 13.8 Å². The van der Waals surface area contributed by atoms with Gasteiger partial charge in [-0.05, 0) is 37.1 Å². The lowest BCUT2D eigenvalue weighted by atomic mass is 9.95. The van der Waals surface area contributed by atoms with Gasteiger partial charge >= 0.3 is 5.97 Å². The average Bonchev–Trinajstić information content (AvgIpc) is 2.52. The molecule has 0 unspecified atom stereocenters. The van der Waals surface area contributed by atoms with Crippen LogP contribution < -0.4 is 10.5 Å². The highest BCUT2D eigenvalue weighted by molar-refractivity contribution is 7.89. The summed E-state index contributed by atoms with van der Waals surface area (Å²) in [4.78, 5) is 11.4. The summed E-state index contributed by atoms with van der Waals surface area (Å²) < 4.78 is 32.0. The molecule has 7 heteroatoms. The zero-order valence-corrected chi connectivity index (χ0v) is 13.4. The Kier molecular flexibility index (Phi) is 5.88. The second-order valence-corrected chi connectivity index (χ2v) is 6.50. The van der Waals surface area contributed by atoms with E-state index in [0.717, 1.165) is 0 Å². The lowest BCUT2D eigenvalue weighted by Gasteiger charge is -2.31. The van der Waals surface area contributed by atoms with Crippen molar-refractivity contribution in [2.45, 2.75) is 37.1 Å². The molecule has 0 aliphatic heterocycles. The molecule has 1 rings (SSSR count). The van der Waals surface area contributed by atoms with Gasteiger partial charge in [0.05, 0.1) is 17.6 Å². The van der Waals surface area contributed by atoms with Crippen molar-refractivity contribution in [2.75, 3.05) is 13.7 Å². The fraction of sp³-hybridized carbons (Fsp3) is 0.500. The van der Waals surface area contributed by atoms with Gasteiger partial charge in [0, 0.05) is 12.1 Å². The van der Waals surface area contributed by atoms with Crippen molar-refractivity contribution in [1.82, 2.24) is 4.72 Å². The third-order valence-electron chi connectivity index (χ3n) is 3.68. The molecular weight excluding hydrogens is 292 g/mol. The highest BCUT2D eigenvalue weighted by Crippen LogP contribution is 2.19. The maximum absolute atomic E-state index is 12.4. The summed E-state index contributed by atoms with van der Waals surface area (Å²) in [6, 6.07) is 5.59. The minimum atomic E-state index is -3.69. The van der Waals surface area contributed by atoms with Crippen LogP contribution in [0.3, 0.4) is 0 Å². The van der Waals surface area contributed by atoms with Crippen LogP contribution in [-0.4, -0.2) is 33.6 Å². The Morgan fingerprint density at radius 1 is 1.24 bits per heavy atom. The SMILES string of the molecule is CCC(CC)(CN)NS(=O)(=O)c1ccc(C(=O)OC)cc1. The van der Waals surface area contributed by atoms with Gasteiger partial charge in [0.2, 0.25) is 10.0 Å². The number of sulfonamides is 1. The molecule has 118 valence electrons. The average molecular weight is 314 g/mol. The van der Waals surface area contributed by atoms with E-state index in [4.69, 9.17) is 5.73 Å². The first kappa shape index (κ1) is 17.6. The van der Waals surface area contributed by atoms with E-state index >= 15 is 0 Å². The van der Waals surface area contributed by atoms with Crippen molar-refractivity contribution in [3.05, 3.63) is 29.8 Å². The summed E-state index contributed by atoms with van der Waals surface area (Å²) in [6.45, 7) is 4.00. The van der Waals surface area contributed by atoms with Gasteiger partial charge in [-0.1, -0.05) is 13.8 Å². The first-order valence-corrected chi connectivity index (χ1v) is 8.25. The van der Waals surface area contributed by atoms with Gasteiger partial charge in [-0.3, -0.25) is 0 Å². The van der Waals surface area contributed by atoms with E-state index in [2.05, 4.69) is 9.46 Å². The van der Waals surface area contributed by atoms with Crippen molar-refractivity contribution >= 4 is 16.0 Å². The number of carbonyl (C=O) groups is 1. The van der Waals surface area contributed by atoms with Crippen LogP contribution >= 0.6 is 0 Å². The van der Waals surface area contributed by atoms with E-state index in [-0.39, 0.29) is 11.4 Å². The lowest BCUT2D eigenvalue weighted by Crippen LogP contribution is -2.52. The third kappa shape index (κ3) is 4.03. The molecule has 0 aromatic heterocycles. The number of ether oxygens (including phenoxy) is 1. The second kappa shape index (κ2) is 7.02. The Morgan fingerprint density at radius 3 is 2.14 bits per heavy atom.